The fraction of sp³-hybridized carbons (Fsp3) is 0.0588. The van der Waals surface area contributed by atoms with Gasteiger partial charge in [-0.1, -0.05) is 0 Å². The van der Waals surface area contributed by atoms with Crippen LogP contribution in [-0.2, 0) is 0 Å². The minimum absolute atomic E-state index is 0.0491. The van der Waals surface area contributed by atoms with Crippen molar-refractivity contribution in [3.05, 3.63) is 65.9 Å². The lowest BCUT2D eigenvalue weighted by Gasteiger charge is -2.11. The van der Waals surface area contributed by atoms with Crippen LogP contribution in [0, 0.1) is 11.6 Å². The summed E-state index contributed by atoms with van der Waals surface area (Å²) in [5, 5.41) is 8.29. The molecule has 5 nitrogen and oxygen atoms in total. The van der Waals surface area contributed by atoms with Gasteiger partial charge in [0.25, 0.3) is 5.91 Å². The Bertz CT molecular complexity index is 971. The van der Waals surface area contributed by atoms with Gasteiger partial charge in [0.05, 0.1) is 6.20 Å². The average Bonchev–Trinajstić information content (AvgIpc) is 3.01. The van der Waals surface area contributed by atoms with Gasteiger partial charge in [0.15, 0.2) is 5.82 Å². The van der Waals surface area contributed by atoms with Crippen LogP contribution in [-0.4, -0.2) is 21.7 Å². The molecule has 0 saturated carbocycles. The number of carbonyl (C=O) groups is 1. The highest BCUT2D eigenvalue weighted by atomic mass is 35.5. The van der Waals surface area contributed by atoms with Gasteiger partial charge in [-0.3, -0.25) is 9.89 Å². The number of H-pyrrole nitrogens is 1. The lowest BCUT2D eigenvalue weighted by Crippen LogP contribution is -2.16. The first kappa shape index (κ1) is 18.7. The zero-order chi connectivity index (χ0) is 19.6. The summed E-state index contributed by atoms with van der Waals surface area (Å²) in [6.07, 6.45) is 0.884. The molecule has 0 aliphatic carbocycles. The highest BCUT2D eigenvalue weighted by molar-refractivity contribution is 6.20. The summed E-state index contributed by atoms with van der Waals surface area (Å²) in [4.78, 5) is 12.3. The third-order valence-electron chi connectivity index (χ3n) is 3.44. The van der Waals surface area contributed by atoms with Crippen molar-refractivity contribution in [2.75, 3.05) is 5.32 Å². The molecule has 2 N–H and O–H groups in total. The summed E-state index contributed by atoms with van der Waals surface area (Å²) in [5.74, 6) is -2.32. The topological polar surface area (TPSA) is 67.0 Å². The molecule has 0 saturated heterocycles. The van der Waals surface area contributed by atoms with Crippen molar-refractivity contribution in [2.24, 2.45) is 0 Å². The highest BCUT2D eigenvalue weighted by Gasteiger charge is 2.27. The van der Waals surface area contributed by atoms with Crippen molar-refractivity contribution in [1.82, 2.24) is 10.2 Å². The van der Waals surface area contributed by atoms with E-state index >= 15 is 0 Å². The van der Waals surface area contributed by atoms with E-state index in [9.17, 15) is 22.4 Å². The molecular formula is C17H10ClF4N3O2. The summed E-state index contributed by atoms with van der Waals surface area (Å²) in [7, 11) is 0. The molecule has 0 aliphatic rings. The highest BCUT2D eigenvalue weighted by Crippen LogP contribution is 2.27. The summed E-state index contributed by atoms with van der Waals surface area (Å²) >= 11 is 4.66. The summed E-state index contributed by atoms with van der Waals surface area (Å²) in [5.41, 5.74) is -3.88. The van der Waals surface area contributed by atoms with E-state index < -0.39 is 23.1 Å². The van der Waals surface area contributed by atoms with E-state index in [1.54, 1.807) is 0 Å². The van der Waals surface area contributed by atoms with Gasteiger partial charge in [-0.2, -0.15) is 5.10 Å². The number of hydrogen-bond donors (Lipinski definition) is 2. The summed E-state index contributed by atoms with van der Waals surface area (Å²) in [6.45, 7) is 0. The van der Waals surface area contributed by atoms with Crippen LogP contribution in [0.4, 0.5) is 23.2 Å². The van der Waals surface area contributed by atoms with Gasteiger partial charge in [0.2, 0.25) is 0 Å². The van der Waals surface area contributed by atoms with Crippen molar-refractivity contribution < 1.29 is 27.1 Å². The number of carbonyl (C=O) groups excluding carboxylic acids is 1. The molecule has 1 heterocycles. The third kappa shape index (κ3) is 4.56. The third-order valence-corrected chi connectivity index (χ3v) is 3.51. The molecule has 0 fully saturated rings. The van der Waals surface area contributed by atoms with E-state index in [2.05, 4.69) is 31.9 Å². The SMILES string of the molecule is O=C(Nc1ccc(OC(F)(F)Cl)cc1)c1ccc(F)c(-c2[nH]ncc2F)c1. The number of anilines is 1. The molecule has 10 heteroatoms. The Morgan fingerprint density at radius 3 is 2.41 bits per heavy atom. The second kappa shape index (κ2) is 7.28. The number of nitrogens with zero attached hydrogens (tertiary/aromatic N) is 1. The van der Waals surface area contributed by atoms with Gasteiger partial charge in [-0.05, 0) is 42.5 Å². The number of rotatable bonds is 5. The normalized spacial score (nSPS) is 11.3. The maximum absolute atomic E-state index is 14.0. The van der Waals surface area contributed by atoms with Gasteiger partial charge in [-0.25, -0.2) is 8.78 Å². The first-order valence-corrected chi connectivity index (χ1v) is 7.77. The van der Waals surface area contributed by atoms with Crippen LogP contribution in [0.1, 0.15) is 10.4 Å². The zero-order valence-corrected chi connectivity index (χ0v) is 14.0. The van der Waals surface area contributed by atoms with Crippen molar-refractivity contribution in [3.63, 3.8) is 0 Å². The number of nitrogens with one attached hydrogen (secondary N) is 2. The molecule has 0 radical (unpaired) electrons. The molecule has 3 aromatic rings. The van der Waals surface area contributed by atoms with Crippen molar-refractivity contribution >= 4 is 23.2 Å². The van der Waals surface area contributed by atoms with Crippen LogP contribution in [0.25, 0.3) is 11.3 Å². The second-order valence-corrected chi connectivity index (χ2v) is 5.75. The molecule has 0 spiro atoms. The number of aromatic amines is 1. The monoisotopic (exact) mass is 399 g/mol. The Morgan fingerprint density at radius 1 is 1.11 bits per heavy atom. The summed E-state index contributed by atoms with van der Waals surface area (Å²) < 4.78 is 56.9. The Morgan fingerprint density at radius 2 is 1.81 bits per heavy atom. The lowest BCUT2D eigenvalue weighted by molar-refractivity contribution is -0.0964. The van der Waals surface area contributed by atoms with Gasteiger partial charge in [0.1, 0.15) is 17.3 Å². The van der Waals surface area contributed by atoms with Gasteiger partial charge in [-0.15, -0.1) is 8.78 Å². The van der Waals surface area contributed by atoms with Crippen LogP contribution in [0.2, 0.25) is 0 Å². The average molecular weight is 400 g/mol. The molecule has 0 bridgehead atoms. The number of ether oxygens (including phenoxy) is 1. The Hall–Kier alpha value is -3.07. The molecule has 0 atom stereocenters. The van der Waals surface area contributed by atoms with Gasteiger partial charge in [0, 0.05) is 28.4 Å². The van der Waals surface area contributed by atoms with E-state index in [1.807, 2.05) is 0 Å². The molecule has 0 unspecified atom stereocenters. The molecule has 0 aliphatic heterocycles. The predicted molar refractivity (Wildman–Crippen MR) is 89.8 cm³/mol. The van der Waals surface area contributed by atoms with Crippen LogP contribution in [0.15, 0.2) is 48.7 Å². The standard InChI is InChI=1S/C17H10ClF4N3O2/c18-17(21,22)27-11-4-2-10(3-5-11)24-16(26)9-1-6-13(19)12(7-9)15-14(20)8-23-25-15/h1-8H,(H,23,25)(H,24,26). The van der Waals surface area contributed by atoms with Crippen molar-refractivity contribution in [1.29, 1.82) is 0 Å². The molecule has 1 aromatic heterocycles. The zero-order valence-electron chi connectivity index (χ0n) is 13.3. The predicted octanol–water partition coefficient (Wildman–Crippen LogP) is 4.78. The van der Waals surface area contributed by atoms with Crippen LogP contribution in [0.3, 0.4) is 0 Å². The maximum Gasteiger partial charge on any atom is 0.487 e. The van der Waals surface area contributed by atoms with Gasteiger partial charge >= 0.3 is 5.57 Å². The van der Waals surface area contributed by atoms with Crippen LogP contribution < -0.4 is 10.1 Å². The fourth-order valence-electron chi connectivity index (χ4n) is 2.26. The molecule has 1 amide bonds. The minimum atomic E-state index is -3.85. The van der Waals surface area contributed by atoms with E-state index in [0.29, 0.717) is 0 Å². The van der Waals surface area contributed by atoms with Gasteiger partial charge < -0.3 is 10.1 Å². The molecule has 3 rings (SSSR count). The first-order chi connectivity index (χ1) is 12.7. The number of hydrogen-bond acceptors (Lipinski definition) is 3. The summed E-state index contributed by atoms with van der Waals surface area (Å²) in [6, 6.07) is 8.39. The number of amides is 1. The Kier molecular flexibility index (Phi) is 5.04. The maximum atomic E-state index is 14.0. The number of aromatic nitrogens is 2. The first-order valence-electron chi connectivity index (χ1n) is 7.39. The largest absolute Gasteiger partial charge is 0.487 e. The molecule has 27 heavy (non-hydrogen) atoms. The van der Waals surface area contributed by atoms with Crippen molar-refractivity contribution in [2.45, 2.75) is 5.57 Å². The van der Waals surface area contributed by atoms with E-state index in [1.165, 1.54) is 30.3 Å². The Labute approximate surface area is 154 Å². The Balaban J connectivity index is 1.78. The van der Waals surface area contributed by atoms with Crippen molar-refractivity contribution in [3.8, 4) is 17.0 Å². The fourth-order valence-corrected chi connectivity index (χ4v) is 2.35. The quantitative estimate of drug-likeness (QED) is 0.479. The number of benzene rings is 2. The molecule has 140 valence electrons. The van der Waals surface area contributed by atoms with Crippen LogP contribution in [0.5, 0.6) is 5.75 Å². The van der Waals surface area contributed by atoms with E-state index in [-0.39, 0.29) is 28.3 Å². The number of halogens is 5. The number of alkyl halides is 3. The van der Waals surface area contributed by atoms with Crippen LogP contribution >= 0.6 is 11.6 Å². The van der Waals surface area contributed by atoms with E-state index in [0.717, 1.165) is 18.3 Å². The second-order valence-electron chi connectivity index (χ2n) is 5.31. The molecule has 2 aromatic carbocycles. The van der Waals surface area contributed by atoms with E-state index in [4.69, 9.17) is 0 Å². The lowest BCUT2D eigenvalue weighted by atomic mass is 10.1. The minimum Gasteiger partial charge on any atom is -0.420 e. The smallest absolute Gasteiger partial charge is 0.420 e. The molecular weight excluding hydrogens is 390 g/mol.